The molecule has 6 heteroatoms. The van der Waals surface area contributed by atoms with Crippen LogP contribution in [-0.4, -0.2) is 54.5 Å². The van der Waals surface area contributed by atoms with Gasteiger partial charge in [0.1, 0.15) is 6.61 Å². The molecule has 0 fully saturated rings. The van der Waals surface area contributed by atoms with Crippen LogP contribution >= 0.6 is 0 Å². The Morgan fingerprint density at radius 3 is 2.07 bits per heavy atom. The number of likely N-dealkylation sites (N-methyl/N-ethyl adjacent to an activating group) is 1. The van der Waals surface area contributed by atoms with E-state index in [4.69, 9.17) is 9.47 Å². The molecule has 0 spiro atoms. The summed E-state index contributed by atoms with van der Waals surface area (Å²) in [6.45, 7) is 3.68. The van der Waals surface area contributed by atoms with Crippen LogP contribution in [0.1, 0.15) is 30.9 Å². The summed E-state index contributed by atoms with van der Waals surface area (Å²) in [6.07, 6.45) is -0.806. The fourth-order valence-electron chi connectivity index (χ4n) is 3.46. The predicted molar refractivity (Wildman–Crippen MR) is 105 cm³/mol. The maximum absolute atomic E-state index is 12.5. The average molecular weight is 383 g/mol. The highest BCUT2D eigenvalue weighted by molar-refractivity contribution is 5.81. The standard InChI is InChI=1S/C22H25NO5/c1-14(2)27-13-20(21(24)25)23(3)22(26)28-12-19-17-10-6-4-8-15(17)16-9-5-7-11-18(16)19/h4-11,14,19-20H,12-13H2,1-3H3,(H,24,25)/t20-/m0/s1. The molecule has 0 saturated heterocycles. The highest BCUT2D eigenvalue weighted by atomic mass is 16.6. The Labute approximate surface area is 164 Å². The SMILES string of the molecule is CC(C)OC[C@@H](C(=O)O)N(C)C(=O)OCC1c2ccccc2-c2ccccc21. The van der Waals surface area contributed by atoms with Gasteiger partial charge in [-0.25, -0.2) is 9.59 Å². The Kier molecular flexibility index (Phi) is 5.99. The highest BCUT2D eigenvalue weighted by Gasteiger charge is 2.32. The van der Waals surface area contributed by atoms with E-state index in [0.29, 0.717) is 0 Å². The molecule has 0 radical (unpaired) electrons. The fourth-order valence-corrected chi connectivity index (χ4v) is 3.46. The molecule has 0 unspecified atom stereocenters. The summed E-state index contributed by atoms with van der Waals surface area (Å²) in [4.78, 5) is 25.1. The van der Waals surface area contributed by atoms with Crippen molar-refractivity contribution in [2.45, 2.75) is 31.9 Å². The number of aliphatic carboxylic acids is 1. The molecule has 1 amide bonds. The van der Waals surface area contributed by atoms with Crippen molar-refractivity contribution in [2.75, 3.05) is 20.3 Å². The van der Waals surface area contributed by atoms with E-state index in [1.54, 1.807) is 0 Å². The number of carboxylic acid groups (broad SMARTS) is 1. The van der Waals surface area contributed by atoms with Gasteiger partial charge in [0.25, 0.3) is 0 Å². The Balaban J connectivity index is 1.71. The molecular weight excluding hydrogens is 358 g/mol. The smallest absolute Gasteiger partial charge is 0.410 e. The van der Waals surface area contributed by atoms with E-state index < -0.39 is 18.1 Å². The summed E-state index contributed by atoms with van der Waals surface area (Å²) in [5.74, 6) is -1.20. The number of rotatable bonds is 7. The number of benzene rings is 2. The fraction of sp³-hybridized carbons (Fsp3) is 0.364. The zero-order chi connectivity index (χ0) is 20.3. The van der Waals surface area contributed by atoms with Crippen molar-refractivity contribution in [3.05, 3.63) is 59.7 Å². The Morgan fingerprint density at radius 1 is 1.04 bits per heavy atom. The van der Waals surface area contributed by atoms with E-state index in [1.165, 1.54) is 7.05 Å². The maximum atomic E-state index is 12.5. The molecule has 2 aromatic rings. The molecule has 1 N–H and O–H groups in total. The van der Waals surface area contributed by atoms with Crippen LogP contribution in [-0.2, 0) is 14.3 Å². The number of ether oxygens (including phenoxy) is 2. The first-order chi connectivity index (χ1) is 13.4. The normalized spacial score (nSPS) is 13.7. The van der Waals surface area contributed by atoms with Gasteiger partial charge in [-0.1, -0.05) is 48.5 Å². The summed E-state index contributed by atoms with van der Waals surface area (Å²) in [5, 5.41) is 9.42. The van der Waals surface area contributed by atoms with Crippen LogP contribution in [0.5, 0.6) is 0 Å². The van der Waals surface area contributed by atoms with Gasteiger partial charge in [0, 0.05) is 13.0 Å². The third kappa shape index (κ3) is 4.02. The largest absolute Gasteiger partial charge is 0.480 e. The first-order valence-electron chi connectivity index (χ1n) is 9.32. The number of fused-ring (bicyclic) bond motifs is 3. The lowest BCUT2D eigenvalue weighted by molar-refractivity contribution is -0.145. The number of carbonyl (C=O) groups is 2. The summed E-state index contributed by atoms with van der Waals surface area (Å²) in [7, 11) is 1.42. The van der Waals surface area contributed by atoms with Gasteiger partial charge in [-0.05, 0) is 36.1 Å². The van der Waals surface area contributed by atoms with Gasteiger partial charge in [0.15, 0.2) is 6.04 Å². The van der Waals surface area contributed by atoms with E-state index in [1.807, 2.05) is 50.2 Å². The Bertz CT molecular complexity index is 818. The highest BCUT2D eigenvalue weighted by Crippen LogP contribution is 2.44. The van der Waals surface area contributed by atoms with Crippen LogP contribution in [0.2, 0.25) is 0 Å². The molecule has 6 nitrogen and oxygen atoms in total. The third-order valence-electron chi connectivity index (χ3n) is 4.96. The van der Waals surface area contributed by atoms with Crippen LogP contribution < -0.4 is 0 Å². The Morgan fingerprint density at radius 2 is 1.57 bits per heavy atom. The van der Waals surface area contributed by atoms with Crippen molar-refractivity contribution < 1.29 is 24.2 Å². The summed E-state index contributed by atoms with van der Waals surface area (Å²) in [6, 6.07) is 15.0. The van der Waals surface area contributed by atoms with Gasteiger partial charge >= 0.3 is 12.1 Å². The van der Waals surface area contributed by atoms with Crippen molar-refractivity contribution in [3.8, 4) is 11.1 Å². The van der Waals surface area contributed by atoms with Crippen LogP contribution in [0.25, 0.3) is 11.1 Å². The second-order valence-corrected chi connectivity index (χ2v) is 7.15. The minimum absolute atomic E-state index is 0.0695. The molecule has 0 bridgehead atoms. The monoisotopic (exact) mass is 383 g/mol. The lowest BCUT2D eigenvalue weighted by atomic mass is 9.98. The van der Waals surface area contributed by atoms with Crippen LogP contribution in [0.15, 0.2) is 48.5 Å². The number of nitrogens with zero attached hydrogens (tertiary/aromatic N) is 1. The molecule has 0 heterocycles. The van der Waals surface area contributed by atoms with Gasteiger partial charge in [-0.3, -0.25) is 4.90 Å². The molecule has 0 saturated carbocycles. The number of hydrogen-bond donors (Lipinski definition) is 1. The van der Waals surface area contributed by atoms with Crippen molar-refractivity contribution in [2.24, 2.45) is 0 Å². The summed E-state index contributed by atoms with van der Waals surface area (Å²) < 4.78 is 10.9. The van der Waals surface area contributed by atoms with Crippen molar-refractivity contribution >= 4 is 12.1 Å². The van der Waals surface area contributed by atoms with Crippen molar-refractivity contribution in [1.82, 2.24) is 4.90 Å². The maximum Gasteiger partial charge on any atom is 0.410 e. The molecule has 148 valence electrons. The lowest BCUT2D eigenvalue weighted by Crippen LogP contribution is -2.46. The van der Waals surface area contributed by atoms with Crippen LogP contribution in [0.4, 0.5) is 4.79 Å². The zero-order valence-corrected chi connectivity index (χ0v) is 16.3. The van der Waals surface area contributed by atoms with Crippen LogP contribution in [0.3, 0.4) is 0 Å². The minimum Gasteiger partial charge on any atom is -0.480 e. The first kappa shape index (κ1) is 19.9. The topological polar surface area (TPSA) is 76.1 Å². The first-order valence-corrected chi connectivity index (χ1v) is 9.32. The van der Waals surface area contributed by atoms with E-state index in [0.717, 1.165) is 27.2 Å². The van der Waals surface area contributed by atoms with Crippen molar-refractivity contribution in [1.29, 1.82) is 0 Å². The predicted octanol–water partition coefficient (Wildman–Crippen LogP) is 3.75. The van der Waals surface area contributed by atoms with Gasteiger partial charge in [-0.2, -0.15) is 0 Å². The number of carboxylic acids is 1. The number of amides is 1. The van der Waals surface area contributed by atoms with E-state index in [2.05, 4.69) is 12.1 Å². The molecule has 3 rings (SSSR count). The van der Waals surface area contributed by atoms with Gasteiger partial charge in [-0.15, -0.1) is 0 Å². The molecule has 28 heavy (non-hydrogen) atoms. The number of carbonyl (C=O) groups excluding carboxylic acids is 1. The quantitative estimate of drug-likeness (QED) is 0.788. The second-order valence-electron chi connectivity index (χ2n) is 7.15. The third-order valence-corrected chi connectivity index (χ3v) is 4.96. The molecule has 0 aliphatic heterocycles. The second kappa shape index (κ2) is 8.44. The lowest BCUT2D eigenvalue weighted by Gasteiger charge is -2.25. The van der Waals surface area contributed by atoms with E-state index >= 15 is 0 Å². The van der Waals surface area contributed by atoms with E-state index in [-0.39, 0.29) is 25.2 Å². The van der Waals surface area contributed by atoms with Gasteiger partial charge in [0.2, 0.25) is 0 Å². The molecular formula is C22H25NO5. The molecule has 1 aliphatic rings. The van der Waals surface area contributed by atoms with Crippen LogP contribution in [0, 0.1) is 0 Å². The zero-order valence-electron chi connectivity index (χ0n) is 16.3. The average Bonchev–Trinajstić information content (AvgIpc) is 2.99. The summed E-state index contributed by atoms with van der Waals surface area (Å²) >= 11 is 0. The van der Waals surface area contributed by atoms with Gasteiger partial charge < -0.3 is 14.6 Å². The number of hydrogen-bond acceptors (Lipinski definition) is 4. The molecule has 0 aromatic heterocycles. The molecule has 2 aromatic carbocycles. The summed E-state index contributed by atoms with van der Waals surface area (Å²) in [5.41, 5.74) is 4.50. The van der Waals surface area contributed by atoms with E-state index in [9.17, 15) is 14.7 Å². The van der Waals surface area contributed by atoms with Crippen molar-refractivity contribution in [3.63, 3.8) is 0 Å². The Hall–Kier alpha value is -2.86. The minimum atomic E-state index is -1.13. The van der Waals surface area contributed by atoms with Gasteiger partial charge in [0.05, 0.1) is 12.7 Å². The molecule has 1 atom stereocenters. The molecule has 1 aliphatic carbocycles.